The highest BCUT2D eigenvalue weighted by Crippen LogP contribution is 2.24. The van der Waals surface area contributed by atoms with E-state index in [0.29, 0.717) is 20.1 Å². The molecule has 0 aliphatic heterocycles. The van der Waals surface area contributed by atoms with Crippen molar-refractivity contribution in [1.82, 2.24) is 9.97 Å². The second-order valence-electron chi connectivity index (χ2n) is 3.29. The summed E-state index contributed by atoms with van der Waals surface area (Å²) in [6, 6.07) is 7.29. The first-order valence-electron chi connectivity index (χ1n) is 4.61. The minimum Gasteiger partial charge on any atom is -0.306 e. The van der Waals surface area contributed by atoms with E-state index in [1.807, 2.05) is 40.8 Å². The molecule has 1 aromatic heterocycles. The van der Waals surface area contributed by atoms with Crippen LogP contribution in [-0.2, 0) is 0 Å². The number of aromatic nitrogens is 2. The van der Waals surface area contributed by atoms with E-state index in [4.69, 9.17) is 11.6 Å². The molecule has 1 N–H and O–H groups in total. The predicted molar refractivity (Wildman–Crippen MR) is 72.8 cm³/mol. The minimum absolute atomic E-state index is 0.136. The van der Waals surface area contributed by atoms with Crippen molar-refractivity contribution in [3.63, 3.8) is 0 Å². The summed E-state index contributed by atoms with van der Waals surface area (Å²) >= 11 is 8.01. The maximum atomic E-state index is 11.6. The molecule has 0 fully saturated rings. The van der Waals surface area contributed by atoms with Gasteiger partial charge in [0, 0.05) is 5.56 Å². The standard InChI is InChI=1S/C11H8ClIN2O/c1-6-9(13)11(16)15-10(14-6)7-4-2-3-5-8(7)12/h2-5H,1H3,(H,14,15,16). The van der Waals surface area contributed by atoms with Crippen molar-refractivity contribution in [2.75, 3.05) is 0 Å². The van der Waals surface area contributed by atoms with Crippen molar-refractivity contribution in [1.29, 1.82) is 0 Å². The average Bonchev–Trinajstić information content (AvgIpc) is 2.26. The van der Waals surface area contributed by atoms with E-state index in [1.54, 1.807) is 13.0 Å². The lowest BCUT2D eigenvalue weighted by molar-refractivity contribution is 1.05. The van der Waals surface area contributed by atoms with Crippen molar-refractivity contribution in [3.8, 4) is 11.4 Å². The Hall–Kier alpha value is -0.880. The van der Waals surface area contributed by atoms with Gasteiger partial charge in [-0.3, -0.25) is 4.79 Å². The Morgan fingerprint density at radius 2 is 2.06 bits per heavy atom. The van der Waals surface area contributed by atoms with Crippen LogP contribution in [0.2, 0.25) is 5.02 Å². The van der Waals surface area contributed by atoms with E-state index in [0.717, 1.165) is 5.56 Å². The third-order valence-corrected chi connectivity index (χ3v) is 3.76. The quantitative estimate of drug-likeness (QED) is 0.807. The van der Waals surface area contributed by atoms with Crippen LogP contribution in [0.3, 0.4) is 0 Å². The summed E-state index contributed by atoms with van der Waals surface area (Å²) in [6.07, 6.45) is 0. The maximum absolute atomic E-state index is 11.6. The molecule has 0 atom stereocenters. The first-order chi connectivity index (χ1) is 7.59. The van der Waals surface area contributed by atoms with Crippen molar-refractivity contribution in [2.24, 2.45) is 0 Å². The normalized spacial score (nSPS) is 10.4. The predicted octanol–water partition coefficient (Wildman–Crippen LogP) is 3.00. The zero-order chi connectivity index (χ0) is 11.7. The van der Waals surface area contributed by atoms with E-state index in [1.165, 1.54) is 0 Å². The van der Waals surface area contributed by atoms with Crippen LogP contribution in [0.4, 0.5) is 0 Å². The van der Waals surface area contributed by atoms with Gasteiger partial charge in [0.15, 0.2) is 0 Å². The molecule has 0 saturated carbocycles. The fraction of sp³-hybridized carbons (Fsp3) is 0.0909. The summed E-state index contributed by atoms with van der Waals surface area (Å²) < 4.78 is 0.605. The van der Waals surface area contributed by atoms with Gasteiger partial charge in [0.05, 0.1) is 14.3 Å². The molecule has 0 amide bonds. The number of halogens is 2. The number of aryl methyl sites for hydroxylation is 1. The molecular weight excluding hydrogens is 338 g/mol. The highest BCUT2D eigenvalue weighted by Gasteiger charge is 2.08. The van der Waals surface area contributed by atoms with Crippen molar-refractivity contribution < 1.29 is 0 Å². The van der Waals surface area contributed by atoms with Gasteiger partial charge in [0.1, 0.15) is 5.82 Å². The van der Waals surface area contributed by atoms with Gasteiger partial charge in [-0.15, -0.1) is 0 Å². The molecule has 16 heavy (non-hydrogen) atoms. The number of hydrogen-bond acceptors (Lipinski definition) is 2. The zero-order valence-electron chi connectivity index (χ0n) is 8.42. The van der Waals surface area contributed by atoms with Gasteiger partial charge in [0.25, 0.3) is 5.56 Å². The summed E-state index contributed by atoms with van der Waals surface area (Å²) in [5, 5.41) is 0.575. The van der Waals surface area contributed by atoms with Crippen LogP contribution in [0.25, 0.3) is 11.4 Å². The molecule has 82 valence electrons. The van der Waals surface area contributed by atoms with Gasteiger partial charge in [0.2, 0.25) is 0 Å². The van der Waals surface area contributed by atoms with Gasteiger partial charge in [-0.2, -0.15) is 0 Å². The Bertz CT molecular complexity index is 595. The van der Waals surface area contributed by atoms with Gasteiger partial charge in [-0.05, 0) is 41.6 Å². The third kappa shape index (κ3) is 2.12. The molecule has 0 unspecified atom stereocenters. The largest absolute Gasteiger partial charge is 0.306 e. The van der Waals surface area contributed by atoms with E-state index < -0.39 is 0 Å². The third-order valence-electron chi connectivity index (χ3n) is 2.16. The molecule has 0 aliphatic rings. The number of hydrogen-bond donors (Lipinski definition) is 1. The number of aromatic amines is 1. The van der Waals surface area contributed by atoms with E-state index in [-0.39, 0.29) is 5.56 Å². The van der Waals surface area contributed by atoms with Gasteiger partial charge < -0.3 is 4.98 Å². The molecule has 0 bridgehead atoms. The first kappa shape index (κ1) is 11.6. The molecule has 0 spiro atoms. The summed E-state index contributed by atoms with van der Waals surface area (Å²) in [5.74, 6) is 0.508. The number of benzene rings is 1. The fourth-order valence-electron chi connectivity index (χ4n) is 1.35. The Morgan fingerprint density at radius 3 is 2.69 bits per heavy atom. The maximum Gasteiger partial charge on any atom is 0.264 e. The average molecular weight is 347 g/mol. The van der Waals surface area contributed by atoms with Crippen molar-refractivity contribution in [2.45, 2.75) is 6.92 Å². The fourth-order valence-corrected chi connectivity index (χ4v) is 1.83. The smallest absolute Gasteiger partial charge is 0.264 e. The van der Waals surface area contributed by atoms with Crippen LogP contribution in [0.5, 0.6) is 0 Å². The molecule has 0 aliphatic carbocycles. The summed E-state index contributed by atoms with van der Waals surface area (Å²) in [7, 11) is 0. The van der Waals surface area contributed by atoms with Crippen LogP contribution in [0.1, 0.15) is 5.69 Å². The molecule has 0 radical (unpaired) electrons. The first-order valence-corrected chi connectivity index (χ1v) is 6.06. The van der Waals surface area contributed by atoms with Gasteiger partial charge in [-0.25, -0.2) is 4.98 Å². The Balaban J connectivity index is 2.67. The SMILES string of the molecule is Cc1nc(-c2ccccc2Cl)[nH]c(=O)c1I. The topological polar surface area (TPSA) is 45.8 Å². The van der Waals surface area contributed by atoms with Crippen LogP contribution < -0.4 is 5.56 Å². The molecule has 0 saturated heterocycles. The molecular formula is C11H8ClIN2O. The van der Waals surface area contributed by atoms with E-state index in [9.17, 15) is 4.79 Å². The van der Waals surface area contributed by atoms with Crippen molar-refractivity contribution >= 4 is 34.2 Å². The molecule has 1 heterocycles. The number of rotatable bonds is 1. The van der Waals surface area contributed by atoms with E-state index in [2.05, 4.69) is 9.97 Å². The highest BCUT2D eigenvalue weighted by atomic mass is 127. The zero-order valence-corrected chi connectivity index (χ0v) is 11.3. The Labute approximate surface area is 111 Å². The van der Waals surface area contributed by atoms with Crippen molar-refractivity contribution in [3.05, 3.63) is 48.9 Å². The highest BCUT2D eigenvalue weighted by molar-refractivity contribution is 14.1. The second kappa shape index (κ2) is 4.55. The van der Waals surface area contributed by atoms with Crippen LogP contribution >= 0.6 is 34.2 Å². The molecule has 1 aromatic carbocycles. The Morgan fingerprint density at radius 1 is 1.38 bits per heavy atom. The van der Waals surface area contributed by atoms with Crippen LogP contribution in [0, 0.1) is 10.5 Å². The summed E-state index contributed by atoms with van der Waals surface area (Å²) in [6.45, 7) is 1.80. The number of nitrogens with zero attached hydrogens (tertiary/aromatic N) is 1. The van der Waals surface area contributed by atoms with E-state index >= 15 is 0 Å². The Kier molecular flexibility index (Phi) is 3.30. The second-order valence-corrected chi connectivity index (χ2v) is 4.78. The van der Waals surface area contributed by atoms with Crippen LogP contribution in [0.15, 0.2) is 29.1 Å². The van der Waals surface area contributed by atoms with Gasteiger partial charge >= 0.3 is 0 Å². The lowest BCUT2D eigenvalue weighted by Crippen LogP contribution is -2.14. The lowest BCUT2D eigenvalue weighted by atomic mass is 10.2. The number of nitrogens with one attached hydrogen (secondary N) is 1. The van der Waals surface area contributed by atoms with Gasteiger partial charge in [-0.1, -0.05) is 23.7 Å². The lowest BCUT2D eigenvalue weighted by Gasteiger charge is -2.04. The minimum atomic E-state index is -0.136. The number of H-pyrrole nitrogens is 1. The summed E-state index contributed by atoms with van der Waals surface area (Å²) in [5.41, 5.74) is 1.31. The monoisotopic (exact) mass is 346 g/mol. The summed E-state index contributed by atoms with van der Waals surface area (Å²) in [4.78, 5) is 18.6. The molecule has 3 nitrogen and oxygen atoms in total. The molecule has 2 rings (SSSR count). The molecule has 5 heteroatoms. The molecule has 2 aromatic rings. The van der Waals surface area contributed by atoms with Crippen LogP contribution in [-0.4, -0.2) is 9.97 Å².